The summed E-state index contributed by atoms with van der Waals surface area (Å²) in [7, 11) is 0. The van der Waals surface area contributed by atoms with E-state index in [-0.39, 0.29) is 17.6 Å². The summed E-state index contributed by atoms with van der Waals surface area (Å²) < 4.78 is 6.15. The number of hydrogen-bond donors (Lipinski definition) is 1. The van der Waals surface area contributed by atoms with Crippen molar-refractivity contribution in [3.8, 4) is 0 Å². The van der Waals surface area contributed by atoms with Crippen LogP contribution in [0.5, 0.6) is 0 Å². The fraction of sp³-hybridized carbons (Fsp3) is 1.00. The van der Waals surface area contributed by atoms with E-state index in [2.05, 4.69) is 48.5 Å². The molecule has 0 bridgehead atoms. The normalized spacial score (nSPS) is 18.6. The zero-order chi connectivity index (χ0) is 12.9. The van der Waals surface area contributed by atoms with Crippen molar-refractivity contribution >= 4 is 0 Å². The minimum atomic E-state index is 0.112. The Labute approximate surface area is 102 Å². The fourth-order valence-corrected chi connectivity index (χ4v) is 2.13. The van der Waals surface area contributed by atoms with Crippen molar-refractivity contribution < 1.29 is 4.74 Å². The molecule has 0 aliphatic heterocycles. The van der Waals surface area contributed by atoms with Gasteiger partial charge in [0.15, 0.2) is 0 Å². The molecule has 0 aromatic carbocycles. The van der Waals surface area contributed by atoms with Crippen molar-refractivity contribution in [3.05, 3.63) is 0 Å². The third kappa shape index (κ3) is 5.86. The molecule has 0 saturated heterocycles. The van der Waals surface area contributed by atoms with Crippen molar-refractivity contribution in [2.75, 3.05) is 0 Å². The second-order valence-corrected chi connectivity index (χ2v) is 6.43. The molecule has 2 nitrogen and oxygen atoms in total. The summed E-state index contributed by atoms with van der Waals surface area (Å²) in [4.78, 5) is 0. The third-order valence-corrected chi connectivity index (χ3v) is 2.90. The van der Waals surface area contributed by atoms with E-state index >= 15 is 0 Å². The highest BCUT2D eigenvalue weighted by Gasteiger charge is 2.31. The first-order chi connectivity index (χ1) is 7.18. The van der Waals surface area contributed by atoms with Gasteiger partial charge in [-0.25, -0.2) is 0 Å². The zero-order valence-corrected chi connectivity index (χ0v) is 12.2. The highest BCUT2D eigenvalue weighted by molar-refractivity contribution is 4.84. The predicted molar refractivity (Wildman–Crippen MR) is 71.5 cm³/mol. The van der Waals surface area contributed by atoms with Gasteiger partial charge >= 0.3 is 0 Å². The van der Waals surface area contributed by atoms with E-state index in [9.17, 15) is 0 Å². The molecule has 0 aliphatic carbocycles. The van der Waals surface area contributed by atoms with Crippen LogP contribution in [0.3, 0.4) is 0 Å². The Bertz CT molecular complexity index is 184. The van der Waals surface area contributed by atoms with Crippen LogP contribution in [0.15, 0.2) is 0 Å². The lowest BCUT2D eigenvalue weighted by Crippen LogP contribution is -2.46. The van der Waals surface area contributed by atoms with Gasteiger partial charge in [0, 0.05) is 6.04 Å². The van der Waals surface area contributed by atoms with Crippen LogP contribution in [0.2, 0.25) is 0 Å². The highest BCUT2D eigenvalue weighted by atomic mass is 16.5. The first-order valence-corrected chi connectivity index (χ1v) is 6.59. The summed E-state index contributed by atoms with van der Waals surface area (Å²) in [5.74, 6) is 0.675. The summed E-state index contributed by atoms with van der Waals surface area (Å²) >= 11 is 0. The topological polar surface area (TPSA) is 35.2 Å². The van der Waals surface area contributed by atoms with Crippen LogP contribution in [0.4, 0.5) is 0 Å². The fourth-order valence-electron chi connectivity index (χ4n) is 2.13. The van der Waals surface area contributed by atoms with E-state index in [1.807, 2.05) is 0 Å². The Morgan fingerprint density at radius 3 is 1.94 bits per heavy atom. The number of ether oxygens (including phenoxy) is 1. The second kappa shape index (κ2) is 6.61. The Balaban J connectivity index is 4.44. The van der Waals surface area contributed by atoms with Crippen molar-refractivity contribution in [2.45, 2.75) is 79.6 Å². The van der Waals surface area contributed by atoms with Gasteiger partial charge in [0.05, 0.1) is 12.2 Å². The molecule has 98 valence electrons. The predicted octanol–water partition coefficient (Wildman–Crippen LogP) is 3.59. The smallest absolute Gasteiger partial charge is 0.0777 e. The molecule has 0 radical (unpaired) electrons. The molecule has 0 aromatic heterocycles. The van der Waals surface area contributed by atoms with Crippen molar-refractivity contribution in [3.63, 3.8) is 0 Å². The molecule has 0 amide bonds. The monoisotopic (exact) mass is 229 g/mol. The van der Waals surface area contributed by atoms with Crippen LogP contribution in [0, 0.1) is 11.3 Å². The van der Waals surface area contributed by atoms with Gasteiger partial charge in [-0.05, 0) is 31.1 Å². The van der Waals surface area contributed by atoms with Crippen LogP contribution in [0.1, 0.15) is 61.3 Å². The molecule has 0 heterocycles. The number of rotatable bonds is 6. The van der Waals surface area contributed by atoms with Crippen LogP contribution in [0.25, 0.3) is 0 Å². The van der Waals surface area contributed by atoms with Gasteiger partial charge in [0.2, 0.25) is 0 Å². The summed E-state index contributed by atoms with van der Waals surface area (Å²) in [6.07, 6.45) is 2.51. The zero-order valence-electron chi connectivity index (χ0n) is 12.2. The summed E-state index contributed by atoms with van der Waals surface area (Å²) in [5, 5.41) is 0. The molecule has 2 heteroatoms. The van der Waals surface area contributed by atoms with E-state index in [0.29, 0.717) is 12.0 Å². The van der Waals surface area contributed by atoms with Crippen molar-refractivity contribution in [1.29, 1.82) is 0 Å². The van der Waals surface area contributed by atoms with Crippen LogP contribution in [-0.4, -0.2) is 18.2 Å². The molecule has 0 spiro atoms. The van der Waals surface area contributed by atoms with E-state index in [1.54, 1.807) is 0 Å². The lowest BCUT2D eigenvalue weighted by atomic mass is 9.83. The first-order valence-electron chi connectivity index (χ1n) is 6.59. The van der Waals surface area contributed by atoms with Gasteiger partial charge < -0.3 is 10.5 Å². The standard InChI is InChI=1S/C14H31NO/c1-8-12(15)13(14(5,6)7)16-11(4)9-10(2)3/h10-13H,8-9,15H2,1-7H3. The van der Waals surface area contributed by atoms with Crippen molar-refractivity contribution in [1.82, 2.24) is 0 Å². The quantitative estimate of drug-likeness (QED) is 0.755. The molecule has 0 aromatic rings. The maximum Gasteiger partial charge on any atom is 0.0777 e. The molecular weight excluding hydrogens is 198 g/mol. The molecular formula is C14H31NO. The van der Waals surface area contributed by atoms with Gasteiger partial charge in [0.25, 0.3) is 0 Å². The Hall–Kier alpha value is -0.0800. The molecule has 0 fully saturated rings. The Kier molecular flexibility index (Phi) is 6.57. The lowest BCUT2D eigenvalue weighted by Gasteiger charge is -2.37. The molecule has 16 heavy (non-hydrogen) atoms. The van der Waals surface area contributed by atoms with E-state index < -0.39 is 0 Å². The molecule has 0 rings (SSSR count). The Morgan fingerprint density at radius 1 is 1.12 bits per heavy atom. The molecule has 2 N–H and O–H groups in total. The average Bonchev–Trinajstić information content (AvgIpc) is 2.10. The van der Waals surface area contributed by atoms with Gasteiger partial charge in [-0.3, -0.25) is 0 Å². The first kappa shape index (κ1) is 15.9. The summed E-state index contributed by atoms with van der Waals surface area (Å²) in [5.41, 5.74) is 6.27. The number of hydrogen-bond acceptors (Lipinski definition) is 2. The lowest BCUT2D eigenvalue weighted by molar-refractivity contribution is -0.0782. The van der Waals surface area contributed by atoms with Gasteiger partial charge in [0.1, 0.15) is 0 Å². The average molecular weight is 229 g/mol. The van der Waals surface area contributed by atoms with Crippen LogP contribution < -0.4 is 5.73 Å². The largest absolute Gasteiger partial charge is 0.373 e. The second-order valence-electron chi connectivity index (χ2n) is 6.43. The Morgan fingerprint density at radius 2 is 1.62 bits per heavy atom. The van der Waals surface area contributed by atoms with Crippen molar-refractivity contribution in [2.24, 2.45) is 17.1 Å². The van der Waals surface area contributed by atoms with Crippen LogP contribution in [-0.2, 0) is 4.74 Å². The van der Waals surface area contributed by atoms with Gasteiger partial charge in [-0.1, -0.05) is 41.5 Å². The summed E-state index contributed by atoms with van der Waals surface area (Å²) in [6, 6.07) is 0.134. The minimum Gasteiger partial charge on any atom is -0.373 e. The van der Waals surface area contributed by atoms with Gasteiger partial charge in [-0.2, -0.15) is 0 Å². The maximum atomic E-state index is 6.16. The minimum absolute atomic E-state index is 0.112. The molecule has 0 saturated carbocycles. The molecule has 3 unspecified atom stereocenters. The molecule has 0 aliphatic rings. The SMILES string of the molecule is CCC(N)C(OC(C)CC(C)C)C(C)(C)C. The summed E-state index contributed by atoms with van der Waals surface area (Å²) in [6.45, 7) is 15.3. The van der Waals surface area contributed by atoms with E-state index in [4.69, 9.17) is 10.5 Å². The highest BCUT2D eigenvalue weighted by Crippen LogP contribution is 2.27. The van der Waals surface area contributed by atoms with Gasteiger partial charge in [-0.15, -0.1) is 0 Å². The molecule has 3 atom stereocenters. The number of nitrogens with two attached hydrogens (primary N) is 1. The third-order valence-electron chi connectivity index (χ3n) is 2.90. The maximum absolute atomic E-state index is 6.16. The van der Waals surface area contributed by atoms with E-state index in [1.165, 1.54) is 0 Å². The van der Waals surface area contributed by atoms with Crippen LogP contribution >= 0.6 is 0 Å². The van der Waals surface area contributed by atoms with E-state index in [0.717, 1.165) is 12.8 Å².